The SMILES string of the molecule is CC/C=C/C=C/C(=O)N1CC2=C(C1)CN(C(=O)c1cc(C3CC3)nc3ccnn13)C2. The number of carbonyl (C=O) groups is 2. The average molecular weight is 403 g/mol. The van der Waals surface area contributed by atoms with Crippen molar-refractivity contribution in [2.24, 2.45) is 0 Å². The number of allylic oxidation sites excluding steroid dienone is 3. The third-order valence-corrected chi connectivity index (χ3v) is 5.94. The molecule has 0 unspecified atom stereocenters. The third-order valence-electron chi connectivity index (χ3n) is 5.94. The summed E-state index contributed by atoms with van der Waals surface area (Å²) in [5, 5.41) is 4.31. The smallest absolute Gasteiger partial charge is 0.273 e. The fraction of sp³-hybridized carbons (Fsp3) is 0.391. The molecule has 0 saturated heterocycles. The van der Waals surface area contributed by atoms with Gasteiger partial charge in [-0.25, -0.2) is 9.50 Å². The summed E-state index contributed by atoms with van der Waals surface area (Å²) >= 11 is 0. The number of aromatic nitrogens is 3. The highest BCUT2D eigenvalue weighted by Gasteiger charge is 2.35. The van der Waals surface area contributed by atoms with Gasteiger partial charge in [0, 0.05) is 49.9 Å². The Morgan fingerprint density at radius 2 is 1.83 bits per heavy atom. The number of amides is 2. The minimum Gasteiger partial charge on any atom is -0.331 e. The van der Waals surface area contributed by atoms with Crippen molar-refractivity contribution in [3.05, 3.63) is 65.2 Å². The zero-order valence-corrected chi connectivity index (χ0v) is 17.1. The lowest BCUT2D eigenvalue weighted by molar-refractivity contribution is -0.124. The van der Waals surface area contributed by atoms with Crippen LogP contribution in [-0.4, -0.2) is 62.4 Å². The monoisotopic (exact) mass is 403 g/mol. The van der Waals surface area contributed by atoms with Crippen LogP contribution < -0.4 is 0 Å². The molecule has 0 N–H and O–H groups in total. The van der Waals surface area contributed by atoms with E-state index in [-0.39, 0.29) is 11.8 Å². The van der Waals surface area contributed by atoms with Crippen LogP contribution in [-0.2, 0) is 4.79 Å². The van der Waals surface area contributed by atoms with E-state index in [9.17, 15) is 9.59 Å². The summed E-state index contributed by atoms with van der Waals surface area (Å²) in [6.07, 6.45) is 12.2. The van der Waals surface area contributed by atoms with Crippen LogP contribution >= 0.6 is 0 Å². The van der Waals surface area contributed by atoms with Crippen LogP contribution in [0.15, 0.2) is 53.8 Å². The van der Waals surface area contributed by atoms with Gasteiger partial charge in [0.15, 0.2) is 5.65 Å². The first kappa shape index (κ1) is 18.8. The van der Waals surface area contributed by atoms with Crippen LogP contribution in [0.4, 0.5) is 0 Å². The van der Waals surface area contributed by atoms with Crippen LogP contribution in [0.5, 0.6) is 0 Å². The van der Waals surface area contributed by atoms with Crippen LogP contribution in [0.2, 0.25) is 0 Å². The molecule has 7 nitrogen and oxygen atoms in total. The molecule has 1 saturated carbocycles. The minimum atomic E-state index is -0.0233. The molecule has 30 heavy (non-hydrogen) atoms. The first-order valence-corrected chi connectivity index (χ1v) is 10.6. The molecule has 2 amide bonds. The van der Waals surface area contributed by atoms with Crippen LogP contribution in [0, 0.1) is 0 Å². The fourth-order valence-electron chi connectivity index (χ4n) is 4.17. The summed E-state index contributed by atoms with van der Waals surface area (Å²) in [5.74, 6) is 0.465. The van der Waals surface area contributed by atoms with Crippen LogP contribution in [0.25, 0.3) is 5.65 Å². The molecule has 0 radical (unpaired) electrons. The Bertz CT molecular complexity index is 1090. The van der Waals surface area contributed by atoms with Crippen molar-refractivity contribution in [2.75, 3.05) is 26.2 Å². The van der Waals surface area contributed by atoms with Gasteiger partial charge in [-0.15, -0.1) is 0 Å². The highest BCUT2D eigenvalue weighted by Crippen LogP contribution is 2.39. The Kier molecular flexibility index (Phi) is 4.73. The van der Waals surface area contributed by atoms with Crippen LogP contribution in [0.1, 0.15) is 48.3 Å². The fourth-order valence-corrected chi connectivity index (χ4v) is 4.17. The van der Waals surface area contributed by atoms with Gasteiger partial charge in [0.25, 0.3) is 5.91 Å². The highest BCUT2D eigenvalue weighted by atomic mass is 16.2. The number of nitrogens with zero attached hydrogens (tertiary/aromatic N) is 5. The van der Waals surface area contributed by atoms with Gasteiger partial charge in [-0.3, -0.25) is 9.59 Å². The zero-order chi connectivity index (χ0) is 20.7. The van der Waals surface area contributed by atoms with Gasteiger partial charge in [0.1, 0.15) is 5.69 Å². The molecule has 2 aromatic heterocycles. The molecule has 5 rings (SSSR count). The number of hydrogen-bond acceptors (Lipinski definition) is 4. The van der Waals surface area contributed by atoms with E-state index in [1.807, 2.05) is 34.1 Å². The van der Waals surface area contributed by atoms with Gasteiger partial charge in [-0.1, -0.05) is 25.2 Å². The Morgan fingerprint density at radius 1 is 1.10 bits per heavy atom. The van der Waals surface area contributed by atoms with Crippen molar-refractivity contribution in [3.8, 4) is 0 Å². The minimum absolute atomic E-state index is 0.0180. The average Bonchev–Trinajstić information content (AvgIpc) is 3.16. The second-order valence-corrected chi connectivity index (χ2v) is 8.20. The maximum Gasteiger partial charge on any atom is 0.273 e. The molecular weight excluding hydrogens is 378 g/mol. The number of hydrogen-bond donors (Lipinski definition) is 0. The molecule has 1 aliphatic carbocycles. The van der Waals surface area contributed by atoms with Gasteiger partial charge >= 0.3 is 0 Å². The molecule has 0 bridgehead atoms. The molecule has 1 fully saturated rings. The molecule has 7 heteroatoms. The zero-order valence-electron chi connectivity index (χ0n) is 17.1. The van der Waals surface area contributed by atoms with Gasteiger partial charge < -0.3 is 9.80 Å². The Labute approximate surface area is 175 Å². The molecule has 154 valence electrons. The van der Waals surface area contributed by atoms with Crippen molar-refractivity contribution in [3.63, 3.8) is 0 Å². The number of rotatable bonds is 5. The predicted octanol–water partition coefficient (Wildman–Crippen LogP) is 2.72. The molecule has 2 aliphatic heterocycles. The first-order chi connectivity index (χ1) is 14.6. The Hall–Kier alpha value is -3.22. The van der Waals surface area contributed by atoms with Crippen molar-refractivity contribution in [1.29, 1.82) is 0 Å². The van der Waals surface area contributed by atoms with E-state index >= 15 is 0 Å². The third kappa shape index (κ3) is 3.44. The van der Waals surface area contributed by atoms with E-state index in [1.54, 1.807) is 22.9 Å². The summed E-state index contributed by atoms with van der Waals surface area (Å²) in [6.45, 7) is 4.40. The molecule has 4 heterocycles. The lowest BCUT2D eigenvalue weighted by Gasteiger charge is -2.22. The normalized spacial score (nSPS) is 19.1. The summed E-state index contributed by atoms with van der Waals surface area (Å²) in [5.41, 5.74) is 4.66. The van der Waals surface area contributed by atoms with E-state index in [2.05, 4.69) is 17.0 Å². The quantitative estimate of drug-likeness (QED) is 0.437. The van der Waals surface area contributed by atoms with E-state index in [0.717, 1.165) is 30.6 Å². The van der Waals surface area contributed by atoms with Gasteiger partial charge in [0.2, 0.25) is 5.91 Å². The summed E-state index contributed by atoms with van der Waals surface area (Å²) in [6, 6.07) is 3.76. The summed E-state index contributed by atoms with van der Waals surface area (Å²) in [7, 11) is 0. The molecule has 2 aromatic rings. The van der Waals surface area contributed by atoms with E-state index in [4.69, 9.17) is 0 Å². The second kappa shape index (κ2) is 7.55. The van der Waals surface area contributed by atoms with Crippen LogP contribution in [0.3, 0.4) is 0 Å². The predicted molar refractivity (Wildman–Crippen MR) is 113 cm³/mol. The Balaban J connectivity index is 1.27. The lowest BCUT2D eigenvalue weighted by Crippen LogP contribution is -2.36. The van der Waals surface area contributed by atoms with E-state index < -0.39 is 0 Å². The number of carbonyl (C=O) groups excluding carboxylic acids is 2. The molecule has 0 spiro atoms. The highest BCUT2D eigenvalue weighted by molar-refractivity contribution is 5.94. The standard InChI is InChI=1S/C23H25N5O2/c1-2-3-4-5-6-22(29)26-12-17-14-27(15-18(17)13-26)23(30)20-11-19(16-7-8-16)25-21-9-10-24-28(20)21/h3-6,9-11,16H,2,7-8,12-15H2,1H3/b4-3+,6-5+. The lowest BCUT2D eigenvalue weighted by atomic mass is 10.2. The summed E-state index contributed by atoms with van der Waals surface area (Å²) < 4.78 is 1.64. The van der Waals surface area contributed by atoms with E-state index in [1.165, 1.54) is 11.1 Å². The maximum atomic E-state index is 13.3. The molecule has 0 aromatic carbocycles. The van der Waals surface area contributed by atoms with Gasteiger partial charge in [-0.05, 0) is 36.5 Å². The maximum absolute atomic E-state index is 13.3. The van der Waals surface area contributed by atoms with Gasteiger partial charge in [-0.2, -0.15) is 5.10 Å². The second-order valence-electron chi connectivity index (χ2n) is 8.20. The topological polar surface area (TPSA) is 70.8 Å². The summed E-state index contributed by atoms with van der Waals surface area (Å²) in [4.78, 5) is 34.0. The first-order valence-electron chi connectivity index (χ1n) is 10.6. The number of fused-ring (bicyclic) bond motifs is 1. The Morgan fingerprint density at radius 3 is 2.53 bits per heavy atom. The molecule has 0 atom stereocenters. The van der Waals surface area contributed by atoms with E-state index in [0.29, 0.717) is 37.8 Å². The van der Waals surface area contributed by atoms with Crippen molar-refractivity contribution >= 4 is 17.5 Å². The van der Waals surface area contributed by atoms with Crippen molar-refractivity contribution < 1.29 is 9.59 Å². The molecule has 3 aliphatic rings. The van der Waals surface area contributed by atoms with Crippen molar-refractivity contribution in [2.45, 2.75) is 32.1 Å². The van der Waals surface area contributed by atoms with Crippen molar-refractivity contribution in [1.82, 2.24) is 24.4 Å². The van der Waals surface area contributed by atoms with Gasteiger partial charge in [0.05, 0.1) is 6.20 Å². The molecular formula is C23H25N5O2. The largest absolute Gasteiger partial charge is 0.331 e.